The van der Waals surface area contributed by atoms with Gasteiger partial charge in [-0.3, -0.25) is 4.79 Å². The van der Waals surface area contributed by atoms with Crippen LogP contribution in [0, 0.1) is 6.92 Å². The average Bonchev–Trinajstić information content (AvgIpc) is 2.58. The number of carbonyl (C=O) groups excluding carboxylic acids is 2. The van der Waals surface area contributed by atoms with E-state index in [0.717, 1.165) is 23.8 Å². The van der Waals surface area contributed by atoms with Crippen molar-refractivity contribution in [2.45, 2.75) is 13.1 Å². The van der Waals surface area contributed by atoms with E-state index in [0.29, 0.717) is 11.3 Å². The number of hydrogen-bond acceptors (Lipinski definition) is 3. The Bertz CT molecular complexity index is 812. The second-order valence-corrected chi connectivity index (χ2v) is 5.48. The second-order valence-electron chi connectivity index (χ2n) is 5.48. The van der Waals surface area contributed by atoms with Crippen molar-refractivity contribution in [3.63, 3.8) is 0 Å². The van der Waals surface area contributed by atoms with Gasteiger partial charge in [-0.15, -0.1) is 0 Å². The van der Waals surface area contributed by atoms with E-state index in [1.54, 1.807) is 18.2 Å². The van der Waals surface area contributed by atoms with Crippen molar-refractivity contribution in [3.8, 4) is 0 Å². The summed E-state index contributed by atoms with van der Waals surface area (Å²) in [5, 5.41) is 2.59. The highest BCUT2D eigenvalue weighted by Gasteiger charge is 2.29. The van der Waals surface area contributed by atoms with Crippen molar-refractivity contribution < 1.29 is 27.5 Å². The molecule has 2 aromatic carbocycles. The lowest BCUT2D eigenvalue weighted by molar-refractivity contribution is -0.142. The Morgan fingerprint density at radius 2 is 1.81 bits per heavy atom. The third kappa shape index (κ3) is 6.08. The second kappa shape index (κ2) is 8.33. The highest BCUT2D eigenvalue weighted by atomic mass is 19.4. The Morgan fingerprint density at radius 3 is 2.42 bits per heavy atom. The summed E-state index contributed by atoms with van der Waals surface area (Å²) < 4.78 is 42.2. The molecule has 1 N–H and O–H groups in total. The maximum Gasteiger partial charge on any atom is 0.416 e. The minimum Gasteiger partial charge on any atom is -0.452 e. The summed E-state index contributed by atoms with van der Waals surface area (Å²) in [5.74, 6) is -1.27. The molecule has 0 aliphatic heterocycles. The molecule has 0 aliphatic carbocycles. The van der Waals surface area contributed by atoms with E-state index in [4.69, 9.17) is 4.74 Å². The maximum absolute atomic E-state index is 12.5. The summed E-state index contributed by atoms with van der Waals surface area (Å²) >= 11 is 0. The summed E-state index contributed by atoms with van der Waals surface area (Å²) in [6.45, 7) is 1.41. The van der Waals surface area contributed by atoms with Gasteiger partial charge >= 0.3 is 12.1 Å². The van der Waals surface area contributed by atoms with Crippen LogP contribution in [0.5, 0.6) is 0 Å². The van der Waals surface area contributed by atoms with Crippen LogP contribution in [0.2, 0.25) is 0 Å². The first-order valence-electron chi connectivity index (χ1n) is 7.62. The number of amides is 1. The quantitative estimate of drug-likeness (QED) is 0.640. The van der Waals surface area contributed by atoms with Gasteiger partial charge in [0.15, 0.2) is 6.61 Å². The van der Waals surface area contributed by atoms with E-state index >= 15 is 0 Å². The van der Waals surface area contributed by atoms with Crippen LogP contribution in [-0.4, -0.2) is 18.5 Å². The molecule has 0 bridgehead atoms. The molecule has 0 saturated carbocycles. The first-order valence-corrected chi connectivity index (χ1v) is 7.62. The highest BCUT2D eigenvalue weighted by Crippen LogP contribution is 2.29. The van der Waals surface area contributed by atoms with Crippen molar-refractivity contribution in [1.29, 1.82) is 0 Å². The summed E-state index contributed by atoms with van der Waals surface area (Å²) in [5.41, 5.74) is 1.19. The first-order chi connectivity index (χ1) is 12.2. The average molecular weight is 363 g/mol. The molecule has 2 rings (SSSR count). The molecule has 0 heterocycles. The molecule has 7 heteroatoms. The number of aryl methyl sites for hydroxylation is 1. The summed E-state index contributed by atoms with van der Waals surface area (Å²) in [7, 11) is 0. The van der Waals surface area contributed by atoms with Gasteiger partial charge in [0.05, 0.1) is 5.56 Å². The van der Waals surface area contributed by atoms with Gasteiger partial charge in [0.2, 0.25) is 0 Å². The van der Waals surface area contributed by atoms with Crippen molar-refractivity contribution in [1.82, 2.24) is 0 Å². The van der Waals surface area contributed by atoms with Crippen LogP contribution in [0.4, 0.5) is 18.9 Å². The number of anilines is 1. The van der Waals surface area contributed by atoms with Gasteiger partial charge in [-0.25, -0.2) is 4.79 Å². The van der Waals surface area contributed by atoms with Crippen LogP contribution in [-0.2, 0) is 20.5 Å². The molecular weight excluding hydrogens is 347 g/mol. The molecule has 0 aromatic heterocycles. The summed E-state index contributed by atoms with van der Waals surface area (Å²) in [4.78, 5) is 23.3. The Kier molecular flexibility index (Phi) is 6.16. The van der Waals surface area contributed by atoms with E-state index in [1.807, 2.05) is 13.0 Å². The number of hydrogen-bond donors (Lipinski definition) is 1. The molecule has 4 nitrogen and oxygen atoms in total. The minimum absolute atomic E-state index is 0.402. The van der Waals surface area contributed by atoms with Crippen LogP contribution in [0.1, 0.15) is 16.7 Å². The van der Waals surface area contributed by atoms with Gasteiger partial charge in [0.1, 0.15) is 0 Å². The molecule has 0 spiro atoms. The normalized spacial score (nSPS) is 11.4. The van der Waals surface area contributed by atoms with E-state index in [2.05, 4.69) is 5.32 Å². The summed E-state index contributed by atoms with van der Waals surface area (Å²) in [6.07, 6.45) is -2.06. The lowest BCUT2D eigenvalue weighted by Gasteiger charge is -2.06. The maximum atomic E-state index is 12.5. The van der Waals surface area contributed by atoms with Gasteiger partial charge < -0.3 is 10.1 Å². The number of esters is 1. The molecule has 0 fully saturated rings. The first kappa shape index (κ1) is 19.2. The number of benzene rings is 2. The molecule has 2 aromatic rings. The standard InChI is InChI=1S/C19H16F3NO3/c1-13-3-2-4-16(11-13)23-17(24)12-26-18(25)10-7-14-5-8-15(9-6-14)19(20,21)22/h2-11H,12H2,1H3,(H,23,24)/b10-7+. The Hall–Kier alpha value is -3.09. The van der Waals surface area contributed by atoms with Gasteiger partial charge in [0.25, 0.3) is 5.91 Å². The van der Waals surface area contributed by atoms with E-state index in [9.17, 15) is 22.8 Å². The molecular formula is C19H16F3NO3. The van der Waals surface area contributed by atoms with Gasteiger partial charge in [-0.2, -0.15) is 13.2 Å². The summed E-state index contributed by atoms with van der Waals surface area (Å²) in [6, 6.07) is 11.4. The lowest BCUT2D eigenvalue weighted by Crippen LogP contribution is -2.20. The third-order valence-corrected chi connectivity index (χ3v) is 3.30. The van der Waals surface area contributed by atoms with E-state index < -0.39 is 30.2 Å². The zero-order valence-electron chi connectivity index (χ0n) is 13.8. The van der Waals surface area contributed by atoms with E-state index in [-0.39, 0.29) is 0 Å². The fourth-order valence-corrected chi connectivity index (χ4v) is 2.05. The number of ether oxygens (including phenoxy) is 1. The monoisotopic (exact) mass is 363 g/mol. The molecule has 1 amide bonds. The predicted octanol–water partition coefficient (Wildman–Crippen LogP) is 4.21. The number of carbonyl (C=O) groups is 2. The SMILES string of the molecule is Cc1cccc(NC(=O)COC(=O)/C=C/c2ccc(C(F)(F)F)cc2)c1. The van der Waals surface area contributed by atoms with Gasteiger partial charge in [-0.05, 0) is 48.4 Å². The lowest BCUT2D eigenvalue weighted by atomic mass is 10.1. The molecule has 26 heavy (non-hydrogen) atoms. The van der Waals surface area contributed by atoms with Crippen molar-refractivity contribution in [3.05, 3.63) is 71.3 Å². The Labute approximate surface area is 148 Å². The van der Waals surface area contributed by atoms with Crippen LogP contribution in [0.25, 0.3) is 6.08 Å². The largest absolute Gasteiger partial charge is 0.452 e. The van der Waals surface area contributed by atoms with Crippen LogP contribution in [0.3, 0.4) is 0 Å². The highest BCUT2D eigenvalue weighted by molar-refractivity contribution is 5.94. The van der Waals surface area contributed by atoms with Gasteiger partial charge in [-0.1, -0.05) is 24.3 Å². The molecule has 0 aliphatic rings. The molecule has 136 valence electrons. The van der Waals surface area contributed by atoms with Crippen molar-refractivity contribution in [2.24, 2.45) is 0 Å². The minimum atomic E-state index is -4.41. The van der Waals surface area contributed by atoms with Crippen LogP contribution in [0.15, 0.2) is 54.6 Å². The molecule has 0 atom stereocenters. The molecule has 0 saturated heterocycles. The zero-order chi connectivity index (χ0) is 19.2. The number of halogens is 3. The smallest absolute Gasteiger partial charge is 0.416 e. The topological polar surface area (TPSA) is 55.4 Å². The fraction of sp³-hybridized carbons (Fsp3) is 0.158. The van der Waals surface area contributed by atoms with Crippen LogP contribution < -0.4 is 5.32 Å². The number of nitrogens with one attached hydrogen (secondary N) is 1. The van der Waals surface area contributed by atoms with Gasteiger partial charge in [0, 0.05) is 11.8 Å². The van der Waals surface area contributed by atoms with E-state index in [1.165, 1.54) is 18.2 Å². The zero-order valence-corrected chi connectivity index (χ0v) is 13.8. The van der Waals surface area contributed by atoms with Crippen molar-refractivity contribution in [2.75, 3.05) is 11.9 Å². The van der Waals surface area contributed by atoms with Crippen molar-refractivity contribution >= 4 is 23.6 Å². The van der Waals surface area contributed by atoms with Crippen LogP contribution >= 0.6 is 0 Å². The molecule has 0 radical (unpaired) electrons. The Morgan fingerprint density at radius 1 is 1.12 bits per heavy atom. The fourth-order valence-electron chi connectivity index (χ4n) is 2.05. The Balaban J connectivity index is 1.82. The number of alkyl halides is 3. The predicted molar refractivity (Wildman–Crippen MR) is 91.2 cm³/mol. The third-order valence-electron chi connectivity index (χ3n) is 3.30. The molecule has 0 unspecified atom stereocenters. The number of rotatable bonds is 5.